The second-order valence-electron chi connectivity index (χ2n) is 5.59. The van der Waals surface area contributed by atoms with Crippen molar-refractivity contribution in [1.29, 1.82) is 5.26 Å². The van der Waals surface area contributed by atoms with E-state index in [1.807, 2.05) is 34.9 Å². The van der Waals surface area contributed by atoms with Crippen molar-refractivity contribution in [1.82, 2.24) is 4.40 Å². The number of phenolic OH excluding ortho intramolecular Hbond substituents is 1. The van der Waals surface area contributed by atoms with Crippen LogP contribution in [0.2, 0.25) is 0 Å². The molecule has 0 amide bonds. The van der Waals surface area contributed by atoms with Crippen molar-refractivity contribution in [3.8, 4) is 11.8 Å². The normalized spacial score (nSPS) is 10.8. The minimum Gasteiger partial charge on any atom is -0.508 e. The molecule has 114 valence electrons. The van der Waals surface area contributed by atoms with Gasteiger partial charge in [-0.05, 0) is 42.5 Å². The van der Waals surface area contributed by atoms with Gasteiger partial charge < -0.3 is 9.51 Å². The SMILES string of the molecule is N#Cc1cc(C(=O)c2cccc(O)c2)c2c(ccc3cccn32)c1. The highest BCUT2D eigenvalue weighted by Crippen LogP contribution is 2.26. The molecule has 0 saturated carbocycles. The van der Waals surface area contributed by atoms with Crippen molar-refractivity contribution in [2.75, 3.05) is 0 Å². The monoisotopic (exact) mass is 312 g/mol. The maximum atomic E-state index is 13.0. The summed E-state index contributed by atoms with van der Waals surface area (Å²) in [5, 5.41) is 19.8. The number of carbonyl (C=O) groups is 1. The van der Waals surface area contributed by atoms with Crippen LogP contribution in [0, 0.1) is 11.3 Å². The number of hydrogen-bond acceptors (Lipinski definition) is 3. The van der Waals surface area contributed by atoms with Crippen LogP contribution < -0.4 is 0 Å². The number of nitrogens with zero attached hydrogens (tertiary/aromatic N) is 2. The van der Waals surface area contributed by atoms with E-state index in [2.05, 4.69) is 6.07 Å². The summed E-state index contributed by atoms with van der Waals surface area (Å²) in [5.41, 5.74) is 2.98. The Morgan fingerprint density at radius 1 is 1.04 bits per heavy atom. The molecule has 0 aliphatic carbocycles. The lowest BCUT2D eigenvalue weighted by Gasteiger charge is -2.10. The molecule has 4 rings (SSSR count). The van der Waals surface area contributed by atoms with Gasteiger partial charge in [0.1, 0.15) is 5.75 Å². The molecule has 2 heterocycles. The first-order valence-electron chi connectivity index (χ1n) is 7.45. The molecule has 2 aromatic carbocycles. The molecule has 1 N–H and O–H groups in total. The Kier molecular flexibility index (Phi) is 3.07. The highest BCUT2D eigenvalue weighted by molar-refractivity contribution is 6.16. The average Bonchev–Trinajstić information content (AvgIpc) is 3.08. The van der Waals surface area contributed by atoms with Gasteiger partial charge in [0.2, 0.25) is 0 Å². The Bertz CT molecular complexity index is 1150. The van der Waals surface area contributed by atoms with Gasteiger partial charge in [-0.2, -0.15) is 5.26 Å². The van der Waals surface area contributed by atoms with Crippen molar-refractivity contribution in [3.05, 3.63) is 83.6 Å². The Balaban J connectivity index is 2.07. The molecule has 0 aliphatic heterocycles. The van der Waals surface area contributed by atoms with E-state index in [0.29, 0.717) is 16.7 Å². The van der Waals surface area contributed by atoms with Crippen LogP contribution in [0.15, 0.2) is 66.9 Å². The number of fused-ring (bicyclic) bond motifs is 3. The first-order chi connectivity index (χ1) is 11.7. The molecule has 0 radical (unpaired) electrons. The van der Waals surface area contributed by atoms with Crippen molar-refractivity contribution in [2.24, 2.45) is 0 Å². The number of rotatable bonds is 2. The van der Waals surface area contributed by atoms with E-state index in [1.54, 1.807) is 24.3 Å². The van der Waals surface area contributed by atoms with Crippen LogP contribution in [0.4, 0.5) is 0 Å². The lowest BCUT2D eigenvalue weighted by Crippen LogP contribution is -2.05. The van der Waals surface area contributed by atoms with Gasteiger partial charge >= 0.3 is 0 Å². The lowest BCUT2D eigenvalue weighted by molar-refractivity contribution is 0.103. The molecule has 0 bridgehead atoms. The Morgan fingerprint density at radius 3 is 2.71 bits per heavy atom. The van der Waals surface area contributed by atoms with E-state index in [1.165, 1.54) is 12.1 Å². The molecular formula is C20H12N2O2. The molecule has 4 aromatic rings. The number of aromatic nitrogens is 1. The summed E-state index contributed by atoms with van der Waals surface area (Å²) in [5.74, 6) is -0.193. The molecule has 0 atom stereocenters. The van der Waals surface area contributed by atoms with Crippen molar-refractivity contribution in [3.63, 3.8) is 0 Å². The maximum absolute atomic E-state index is 13.0. The number of benzene rings is 2. The number of aromatic hydroxyl groups is 1. The van der Waals surface area contributed by atoms with Crippen LogP contribution in [0.1, 0.15) is 21.5 Å². The topological polar surface area (TPSA) is 65.5 Å². The van der Waals surface area contributed by atoms with E-state index < -0.39 is 0 Å². The Hall–Kier alpha value is -3.58. The third kappa shape index (κ3) is 2.11. The van der Waals surface area contributed by atoms with Crippen molar-refractivity contribution < 1.29 is 9.90 Å². The minimum atomic E-state index is -0.228. The van der Waals surface area contributed by atoms with Crippen molar-refractivity contribution >= 4 is 22.2 Å². The molecule has 0 fully saturated rings. The number of phenols is 1. The number of pyridine rings is 1. The van der Waals surface area contributed by atoms with Crippen LogP contribution in [0.3, 0.4) is 0 Å². The summed E-state index contributed by atoms with van der Waals surface area (Å²) < 4.78 is 1.94. The smallest absolute Gasteiger partial charge is 0.195 e. The molecule has 0 aliphatic rings. The number of ketones is 1. The quantitative estimate of drug-likeness (QED) is 0.571. The first kappa shape index (κ1) is 14.0. The highest BCUT2D eigenvalue weighted by Gasteiger charge is 2.16. The van der Waals surface area contributed by atoms with Crippen LogP contribution in [-0.4, -0.2) is 15.3 Å². The van der Waals surface area contributed by atoms with E-state index in [-0.39, 0.29) is 11.5 Å². The number of nitriles is 1. The van der Waals surface area contributed by atoms with Gasteiger partial charge in [0, 0.05) is 28.2 Å². The van der Waals surface area contributed by atoms with Crippen molar-refractivity contribution in [2.45, 2.75) is 0 Å². The Morgan fingerprint density at radius 2 is 1.92 bits per heavy atom. The zero-order valence-electron chi connectivity index (χ0n) is 12.6. The maximum Gasteiger partial charge on any atom is 0.195 e. The summed E-state index contributed by atoms with van der Waals surface area (Å²) in [6.07, 6.45) is 1.89. The summed E-state index contributed by atoms with van der Waals surface area (Å²) in [7, 11) is 0. The molecule has 4 heteroatoms. The average molecular weight is 312 g/mol. The second-order valence-corrected chi connectivity index (χ2v) is 5.59. The fraction of sp³-hybridized carbons (Fsp3) is 0. The predicted octanol–water partition coefficient (Wildman–Crippen LogP) is 3.90. The van der Waals surface area contributed by atoms with Gasteiger partial charge in [-0.3, -0.25) is 4.79 Å². The van der Waals surface area contributed by atoms with Crippen LogP contribution >= 0.6 is 0 Å². The molecule has 4 nitrogen and oxygen atoms in total. The third-order valence-electron chi connectivity index (χ3n) is 4.08. The van der Waals surface area contributed by atoms with Gasteiger partial charge in [0.15, 0.2) is 5.78 Å². The predicted molar refractivity (Wildman–Crippen MR) is 91.2 cm³/mol. The zero-order valence-corrected chi connectivity index (χ0v) is 12.6. The largest absolute Gasteiger partial charge is 0.508 e. The summed E-state index contributed by atoms with van der Waals surface area (Å²) in [6.45, 7) is 0. The zero-order chi connectivity index (χ0) is 16.7. The highest BCUT2D eigenvalue weighted by atomic mass is 16.3. The van der Waals surface area contributed by atoms with Gasteiger partial charge in [0.25, 0.3) is 0 Å². The summed E-state index contributed by atoms with van der Waals surface area (Å²) in [4.78, 5) is 13.0. The first-order valence-corrected chi connectivity index (χ1v) is 7.45. The van der Waals surface area contributed by atoms with Gasteiger partial charge in [-0.25, -0.2) is 0 Å². The molecule has 24 heavy (non-hydrogen) atoms. The summed E-state index contributed by atoms with van der Waals surface area (Å²) >= 11 is 0. The van der Waals surface area contributed by atoms with Gasteiger partial charge in [0.05, 0.1) is 17.1 Å². The van der Waals surface area contributed by atoms with Crippen LogP contribution in [0.25, 0.3) is 16.4 Å². The Labute approximate surface area is 137 Å². The fourth-order valence-electron chi connectivity index (χ4n) is 3.00. The fourth-order valence-corrected chi connectivity index (χ4v) is 3.00. The third-order valence-corrected chi connectivity index (χ3v) is 4.08. The summed E-state index contributed by atoms with van der Waals surface area (Å²) in [6, 6.07) is 19.5. The minimum absolute atomic E-state index is 0.0349. The standard InChI is InChI=1S/C20H12N2O2/c21-12-13-9-14-6-7-16-4-2-8-22(16)19(14)18(10-13)20(24)15-3-1-5-17(23)11-15/h1-11,23H. The lowest BCUT2D eigenvalue weighted by atomic mass is 9.97. The molecular weight excluding hydrogens is 300 g/mol. The molecule has 0 unspecified atom stereocenters. The van der Waals surface area contributed by atoms with Gasteiger partial charge in [-0.15, -0.1) is 0 Å². The second kappa shape index (κ2) is 5.25. The molecule has 0 spiro atoms. The van der Waals surface area contributed by atoms with Crippen LogP contribution in [0.5, 0.6) is 5.75 Å². The van der Waals surface area contributed by atoms with Crippen LogP contribution in [-0.2, 0) is 0 Å². The van der Waals surface area contributed by atoms with E-state index in [9.17, 15) is 15.2 Å². The number of hydrogen-bond donors (Lipinski definition) is 1. The molecule has 0 saturated heterocycles. The molecule has 2 aromatic heterocycles. The van der Waals surface area contributed by atoms with E-state index in [4.69, 9.17) is 0 Å². The van der Waals surface area contributed by atoms with E-state index in [0.717, 1.165) is 16.4 Å². The number of carbonyl (C=O) groups excluding carboxylic acids is 1. The van der Waals surface area contributed by atoms with Gasteiger partial charge in [-0.1, -0.05) is 18.2 Å². The van der Waals surface area contributed by atoms with E-state index >= 15 is 0 Å².